The number of hydrogen-bond acceptors (Lipinski definition) is 5. The van der Waals surface area contributed by atoms with E-state index in [4.69, 9.17) is 4.74 Å². The lowest BCUT2D eigenvalue weighted by Crippen LogP contribution is -2.22. The van der Waals surface area contributed by atoms with Crippen molar-refractivity contribution in [3.05, 3.63) is 10.5 Å². The van der Waals surface area contributed by atoms with E-state index in [0.717, 1.165) is 0 Å². The largest absolute Gasteiger partial charge is 0.450 e. The molecule has 5 heteroatoms. The summed E-state index contributed by atoms with van der Waals surface area (Å²) in [7, 11) is 0. The van der Waals surface area contributed by atoms with Crippen LogP contribution in [-0.2, 0) is 9.53 Å². The van der Waals surface area contributed by atoms with Crippen LogP contribution in [0.2, 0.25) is 0 Å². The van der Waals surface area contributed by atoms with Gasteiger partial charge in [-0.05, 0) is 26.7 Å². The maximum absolute atomic E-state index is 11.1. The molecule has 0 spiro atoms. The number of carbonyl (C=O) groups excluding carboxylic acids is 1. The molecule has 0 N–H and O–H groups in total. The molecule has 0 saturated heterocycles. The smallest absolute Gasteiger partial charge is 0.385 e. The molecule has 1 aromatic rings. The zero-order valence-corrected chi connectivity index (χ0v) is 9.01. The monoisotopic (exact) mass is 210 g/mol. The molecule has 0 fully saturated rings. The van der Waals surface area contributed by atoms with Crippen molar-refractivity contribution in [2.45, 2.75) is 26.4 Å². The summed E-state index contributed by atoms with van der Waals surface area (Å²) in [6.07, 6.45) is 0. The van der Waals surface area contributed by atoms with Crippen molar-refractivity contribution in [1.82, 2.24) is 10.2 Å². The van der Waals surface area contributed by atoms with Crippen molar-refractivity contribution in [3.8, 4) is 11.8 Å². The first-order valence-electron chi connectivity index (χ1n) is 3.98. The topological polar surface area (TPSA) is 52.1 Å². The second-order valence-corrected chi connectivity index (χ2v) is 4.33. The Kier molecular flexibility index (Phi) is 3.20. The Morgan fingerprint density at radius 1 is 1.57 bits per heavy atom. The van der Waals surface area contributed by atoms with Gasteiger partial charge in [0.05, 0.1) is 0 Å². The van der Waals surface area contributed by atoms with Crippen LogP contribution in [0.3, 0.4) is 0 Å². The lowest BCUT2D eigenvalue weighted by atomic mass is 10.2. The fourth-order valence-corrected chi connectivity index (χ4v) is 1.03. The summed E-state index contributed by atoms with van der Waals surface area (Å²) in [6.45, 7) is 5.37. The van der Waals surface area contributed by atoms with Gasteiger partial charge in [0, 0.05) is 5.92 Å². The summed E-state index contributed by atoms with van der Waals surface area (Å²) in [5.74, 6) is 4.36. The van der Waals surface area contributed by atoms with Gasteiger partial charge in [-0.1, -0.05) is 11.3 Å². The first kappa shape index (κ1) is 10.7. The first-order valence-corrected chi connectivity index (χ1v) is 4.86. The molecule has 1 aromatic heterocycles. The van der Waals surface area contributed by atoms with Gasteiger partial charge in [0.15, 0.2) is 5.01 Å². The second-order valence-electron chi connectivity index (χ2n) is 3.50. The maximum atomic E-state index is 11.1. The Bertz CT molecular complexity index is 368. The van der Waals surface area contributed by atoms with E-state index in [1.165, 1.54) is 11.3 Å². The van der Waals surface area contributed by atoms with Crippen molar-refractivity contribution in [1.29, 1.82) is 0 Å². The van der Waals surface area contributed by atoms with Gasteiger partial charge in [-0.2, -0.15) is 0 Å². The van der Waals surface area contributed by atoms with Crippen LogP contribution < -0.4 is 0 Å². The van der Waals surface area contributed by atoms with E-state index in [2.05, 4.69) is 22.0 Å². The van der Waals surface area contributed by atoms with Crippen LogP contribution in [0.25, 0.3) is 0 Å². The highest BCUT2D eigenvalue weighted by atomic mass is 32.1. The van der Waals surface area contributed by atoms with E-state index in [9.17, 15) is 4.79 Å². The SMILES string of the molecule is CC(C)(C)OC(=O)C#Cc1nncs1. The molecule has 0 radical (unpaired) electrons. The third-order valence-electron chi connectivity index (χ3n) is 1.03. The van der Waals surface area contributed by atoms with Crippen LogP contribution >= 0.6 is 11.3 Å². The maximum Gasteiger partial charge on any atom is 0.385 e. The Hall–Kier alpha value is -1.41. The Morgan fingerprint density at radius 3 is 2.79 bits per heavy atom. The lowest BCUT2D eigenvalue weighted by molar-refractivity contribution is -0.147. The van der Waals surface area contributed by atoms with E-state index < -0.39 is 11.6 Å². The quantitative estimate of drug-likeness (QED) is 0.477. The molecule has 0 aromatic carbocycles. The van der Waals surface area contributed by atoms with Crippen molar-refractivity contribution >= 4 is 17.3 Å². The highest BCUT2D eigenvalue weighted by molar-refractivity contribution is 7.09. The van der Waals surface area contributed by atoms with E-state index >= 15 is 0 Å². The van der Waals surface area contributed by atoms with Crippen LogP contribution in [0.15, 0.2) is 5.51 Å². The Labute approximate surface area is 86.3 Å². The molecule has 0 atom stereocenters. The molecular formula is C9H10N2O2S. The van der Waals surface area contributed by atoms with Crippen molar-refractivity contribution in [3.63, 3.8) is 0 Å². The molecule has 0 aliphatic heterocycles. The van der Waals surface area contributed by atoms with Gasteiger partial charge in [0.1, 0.15) is 11.1 Å². The predicted molar refractivity (Wildman–Crippen MR) is 52.6 cm³/mol. The van der Waals surface area contributed by atoms with Crippen LogP contribution in [0.1, 0.15) is 25.8 Å². The van der Waals surface area contributed by atoms with Gasteiger partial charge < -0.3 is 4.74 Å². The van der Waals surface area contributed by atoms with Crippen LogP contribution in [0.4, 0.5) is 0 Å². The summed E-state index contributed by atoms with van der Waals surface area (Å²) in [5, 5.41) is 7.77. The van der Waals surface area contributed by atoms with Gasteiger partial charge in [0.25, 0.3) is 0 Å². The minimum atomic E-state index is -0.548. The van der Waals surface area contributed by atoms with Crippen LogP contribution in [0.5, 0.6) is 0 Å². The molecule has 74 valence electrons. The van der Waals surface area contributed by atoms with Crippen LogP contribution in [-0.4, -0.2) is 21.8 Å². The Morgan fingerprint density at radius 2 is 2.29 bits per heavy atom. The third kappa shape index (κ3) is 4.01. The molecule has 0 saturated carbocycles. The number of aromatic nitrogens is 2. The highest BCUT2D eigenvalue weighted by Gasteiger charge is 2.14. The molecule has 4 nitrogen and oxygen atoms in total. The number of hydrogen-bond donors (Lipinski definition) is 0. The van der Waals surface area contributed by atoms with Crippen LogP contribution in [0, 0.1) is 11.8 Å². The normalized spacial score (nSPS) is 10.2. The minimum absolute atomic E-state index is 0.507. The predicted octanol–water partition coefficient (Wildman–Crippen LogP) is 1.23. The molecule has 0 amide bonds. The van der Waals surface area contributed by atoms with Gasteiger partial charge in [0.2, 0.25) is 0 Å². The number of ether oxygens (including phenoxy) is 1. The summed E-state index contributed by atoms with van der Waals surface area (Å²) in [5.41, 5.74) is 1.05. The lowest BCUT2D eigenvalue weighted by Gasteiger charge is -2.16. The highest BCUT2D eigenvalue weighted by Crippen LogP contribution is 2.06. The molecule has 14 heavy (non-hydrogen) atoms. The van der Waals surface area contributed by atoms with Crippen molar-refractivity contribution < 1.29 is 9.53 Å². The fraction of sp³-hybridized carbons (Fsp3) is 0.444. The average Bonchev–Trinajstić information content (AvgIpc) is 2.49. The molecule has 1 heterocycles. The average molecular weight is 210 g/mol. The number of rotatable bonds is 0. The molecule has 0 bridgehead atoms. The fourth-order valence-electron chi connectivity index (χ4n) is 0.636. The second kappa shape index (κ2) is 4.20. The van der Waals surface area contributed by atoms with E-state index in [1.54, 1.807) is 26.3 Å². The van der Waals surface area contributed by atoms with Gasteiger partial charge >= 0.3 is 5.97 Å². The summed E-state index contributed by atoms with van der Waals surface area (Å²) >= 11 is 1.28. The standard InChI is InChI=1S/C9H10N2O2S/c1-9(2,3)13-8(12)5-4-7-11-10-6-14-7/h6H,1-3H3. The van der Waals surface area contributed by atoms with Crippen molar-refractivity contribution in [2.24, 2.45) is 0 Å². The zero-order valence-electron chi connectivity index (χ0n) is 8.20. The van der Waals surface area contributed by atoms with E-state index in [0.29, 0.717) is 5.01 Å². The van der Waals surface area contributed by atoms with Crippen molar-refractivity contribution in [2.75, 3.05) is 0 Å². The molecule has 0 aliphatic rings. The molecule has 0 aliphatic carbocycles. The summed E-state index contributed by atoms with van der Waals surface area (Å²) < 4.78 is 4.98. The number of carbonyl (C=O) groups is 1. The first-order chi connectivity index (χ1) is 6.47. The number of nitrogens with zero attached hydrogens (tertiary/aromatic N) is 2. The summed E-state index contributed by atoms with van der Waals surface area (Å²) in [6, 6.07) is 0. The zero-order chi connectivity index (χ0) is 10.6. The van der Waals surface area contributed by atoms with Gasteiger partial charge in [-0.25, -0.2) is 4.79 Å². The molecular weight excluding hydrogens is 200 g/mol. The van der Waals surface area contributed by atoms with Gasteiger partial charge in [-0.3, -0.25) is 0 Å². The number of esters is 1. The minimum Gasteiger partial charge on any atom is -0.450 e. The molecule has 0 unspecified atom stereocenters. The third-order valence-corrected chi connectivity index (χ3v) is 1.64. The Balaban J connectivity index is 2.57. The van der Waals surface area contributed by atoms with E-state index in [1.807, 2.05) is 0 Å². The molecule has 1 rings (SSSR count). The van der Waals surface area contributed by atoms with Gasteiger partial charge in [-0.15, -0.1) is 10.2 Å². The van der Waals surface area contributed by atoms with E-state index in [-0.39, 0.29) is 0 Å². The summed E-state index contributed by atoms with van der Waals surface area (Å²) in [4.78, 5) is 11.1.